The molecule has 0 aromatic heterocycles. The SMILES string of the molecule is CC(C)NC(=O)c1ccccc1NC(=O)c1ccccc1. The van der Waals surface area contributed by atoms with Crippen molar-refractivity contribution in [2.24, 2.45) is 0 Å². The van der Waals surface area contributed by atoms with Crippen LogP contribution in [-0.2, 0) is 0 Å². The Hall–Kier alpha value is -2.62. The van der Waals surface area contributed by atoms with Crippen molar-refractivity contribution in [2.75, 3.05) is 5.32 Å². The van der Waals surface area contributed by atoms with Gasteiger partial charge in [0.2, 0.25) is 0 Å². The van der Waals surface area contributed by atoms with E-state index >= 15 is 0 Å². The van der Waals surface area contributed by atoms with Crippen molar-refractivity contribution in [1.29, 1.82) is 0 Å². The normalized spacial score (nSPS) is 10.2. The number of benzene rings is 2. The van der Waals surface area contributed by atoms with E-state index in [0.29, 0.717) is 16.8 Å². The summed E-state index contributed by atoms with van der Waals surface area (Å²) in [4.78, 5) is 24.3. The first-order valence-corrected chi connectivity index (χ1v) is 6.84. The first-order valence-electron chi connectivity index (χ1n) is 6.84. The van der Waals surface area contributed by atoms with E-state index < -0.39 is 0 Å². The van der Waals surface area contributed by atoms with Crippen LogP contribution < -0.4 is 10.6 Å². The summed E-state index contributed by atoms with van der Waals surface area (Å²) in [5.74, 6) is -0.436. The van der Waals surface area contributed by atoms with Gasteiger partial charge in [0.1, 0.15) is 0 Å². The van der Waals surface area contributed by atoms with Gasteiger partial charge in [-0.25, -0.2) is 0 Å². The van der Waals surface area contributed by atoms with Crippen molar-refractivity contribution in [2.45, 2.75) is 19.9 Å². The Morgan fingerprint density at radius 3 is 2.14 bits per heavy atom. The number of amides is 2. The van der Waals surface area contributed by atoms with Crippen molar-refractivity contribution >= 4 is 17.5 Å². The molecule has 0 atom stereocenters. The minimum absolute atomic E-state index is 0.0374. The topological polar surface area (TPSA) is 58.2 Å². The minimum Gasteiger partial charge on any atom is -0.350 e. The van der Waals surface area contributed by atoms with Crippen LogP contribution in [0.2, 0.25) is 0 Å². The quantitative estimate of drug-likeness (QED) is 0.905. The smallest absolute Gasteiger partial charge is 0.255 e. The molecule has 0 radical (unpaired) electrons. The van der Waals surface area contributed by atoms with Crippen LogP contribution in [-0.4, -0.2) is 17.9 Å². The van der Waals surface area contributed by atoms with Crippen molar-refractivity contribution in [3.63, 3.8) is 0 Å². The summed E-state index contributed by atoms with van der Waals surface area (Å²) < 4.78 is 0. The lowest BCUT2D eigenvalue weighted by Crippen LogP contribution is -2.31. The molecule has 0 spiro atoms. The summed E-state index contributed by atoms with van der Waals surface area (Å²) in [6.45, 7) is 3.78. The highest BCUT2D eigenvalue weighted by atomic mass is 16.2. The monoisotopic (exact) mass is 282 g/mol. The lowest BCUT2D eigenvalue weighted by atomic mass is 10.1. The average molecular weight is 282 g/mol. The molecule has 0 saturated heterocycles. The second kappa shape index (κ2) is 6.70. The van der Waals surface area contributed by atoms with Crippen molar-refractivity contribution < 1.29 is 9.59 Å². The molecule has 0 aliphatic carbocycles. The summed E-state index contributed by atoms with van der Waals surface area (Å²) in [5.41, 5.74) is 1.51. The second-order valence-corrected chi connectivity index (χ2v) is 4.99. The fourth-order valence-corrected chi connectivity index (χ4v) is 1.91. The van der Waals surface area contributed by atoms with Gasteiger partial charge in [-0.2, -0.15) is 0 Å². The summed E-state index contributed by atoms with van der Waals surface area (Å²) in [5, 5.41) is 5.60. The molecular weight excluding hydrogens is 264 g/mol. The number of hydrogen-bond acceptors (Lipinski definition) is 2. The number of anilines is 1. The maximum absolute atomic E-state index is 12.2. The van der Waals surface area contributed by atoms with Gasteiger partial charge in [0.25, 0.3) is 11.8 Å². The van der Waals surface area contributed by atoms with E-state index in [1.165, 1.54) is 0 Å². The van der Waals surface area contributed by atoms with E-state index in [-0.39, 0.29) is 17.9 Å². The van der Waals surface area contributed by atoms with Crippen LogP contribution in [0, 0.1) is 0 Å². The van der Waals surface area contributed by atoms with Gasteiger partial charge in [-0.05, 0) is 38.1 Å². The molecule has 0 bridgehead atoms. The summed E-state index contributed by atoms with van der Waals surface area (Å²) in [7, 11) is 0. The molecule has 0 fully saturated rings. The maximum atomic E-state index is 12.2. The molecule has 2 amide bonds. The lowest BCUT2D eigenvalue weighted by molar-refractivity contribution is 0.0944. The number of carbonyl (C=O) groups excluding carboxylic acids is 2. The molecule has 0 heterocycles. The zero-order chi connectivity index (χ0) is 15.2. The Bertz CT molecular complexity index is 636. The molecular formula is C17H18N2O2. The van der Waals surface area contributed by atoms with Gasteiger partial charge in [-0.3, -0.25) is 9.59 Å². The molecule has 2 N–H and O–H groups in total. The van der Waals surface area contributed by atoms with Crippen LogP contribution >= 0.6 is 0 Å². The van der Waals surface area contributed by atoms with Crippen LogP contribution in [0.4, 0.5) is 5.69 Å². The number of hydrogen-bond donors (Lipinski definition) is 2. The average Bonchev–Trinajstić information content (AvgIpc) is 2.48. The van der Waals surface area contributed by atoms with Crippen LogP contribution in [0.3, 0.4) is 0 Å². The molecule has 2 aromatic carbocycles. The Kier molecular flexibility index (Phi) is 4.72. The van der Waals surface area contributed by atoms with Gasteiger partial charge in [0.05, 0.1) is 11.3 Å². The number of carbonyl (C=O) groups is 2. The van der Waals surface area contributed by atoms with Crippen molar-refractivity contribution in [1.82, 2.24) is 5.32 Å². The number of rotatable bonds is 4. The van der Waals surface area contributed by atoms with E-state index in [0.717, 1.165) is 0 Å². The van der Waals surface area contributed by atoms with Crippen molar-refractivity contribution in [3.05, 3.63) is 65.7 Å². The molecule has 0 unspecified atom stereocenters. The molecule has 2 aromatic rings. The molecule has 4 heteroatoms. The van der Waals surface area contributed by atoms with Gasteiger partial charge in [0.15, 0.2) is 0 Å². The molecule has 21 heavy (non-hydrogen) atoms. The zero-order valence-electron chi connectivity index (χ0n) is 12.1. The van der Waals surface area contributed by atoms with Gasteiger partial charge >= 0.3 is 0 Å². The van der Waals surface area contributed by atoms with Gasteiger partial charge in [0, 0.05) is 11.6 Å². The third-order valence-electron chi connectivity index (χ3n) is 2.88. The highest BCUT2D eigenvalue weighted by Crippen LogP contribution is 2.16. The maximum Gasteiger partial charge on any atom is 0.255 e. The van der Waals surface area contributed by atoms with E-state index in [4.69, 9.17) is 0 Å². The van der Waals surface area contributed by atoms with Gasteiger partial charge in [-0.1, -0.05) is 30.3 Å². The Morgan fingerprint density at radius 1 is 0.857 bits per heavy atom. The van der Waals surface area contributed by atoms with Crippen LogP contribution in [0.15, 0.2) is 54.6 Å². The molecule has 0 aliphatic heterocycles. The fourth-order valence-electron chi connectivity index (χ4n) is 1.91. The molecule has 0 aliphatic rings. The third kappa shape index (κ3) is 3.92. The number of para-hydroxylation sites is 1. The summed E-state index contributed by atoms with van der Waals surface area (Å²) in [6, 6.07) is 15.9. The second-order valence-electron chi connectivity index (χ2n) is 4.99. The first kappa shape index (κ1) is 14.8. The standard InChI is InChI=1S/C17H18N2O2/c1-12(2)18-17(21)14-10-6-7-11-15(14)19-16(20)13-8-4-3-5-9-13/h3-12H,1-2H3,(H,18,21)(H,19,20). The largest absolute Gasteiger partial charge is 0.350 e. The Balaban J connectivity index is 2.21. The Morgan fingerprint density at radius 2 is 1.48 bits per heavy atom. The van der Waals surface area contributed by atoms with E-state index in [1.807, 2.05) is 19.9 Å². The Labute approximate surface area is 124 Å². The van der Waals surface area contributed by atoms with Gasteiger partial charge in [-0.15, -0.1) is 0 Å². The molecule has 4 nitrogen and oxygen atoms in total. The summed E-state index contributed by atoms with van der Waals surface area (Å²) >= 11 is 0. The predicted molar refractivity (Wildman–Crippen MR) is 83.4 cm³/mol. The molecule has 2 rings (SSSR count). The lowest BCUT2D eigenvalue weighted by Gasteiger charge is -2.13. The van der Waals surface area contributed by atoms with Gasteiger partial charge < -0.3 is 10.6 Å². The van der Waals surface area contributed by atoms with E-state index in [2.05, 4.69) is 10.6 Å². The van der Waals surface area contributed by atoms with Crippen LogP contribution in [0.5, 0.6) is 0 Å². The van der Waals surface area contributed by atoms with E-state index in [9.17, 15) is 9.59 Å². The highest BCUT2D eigenvalue weighted by Gasteiger charge is 2.14. The number of nitrogens with one attached hydrogen (secondary N) is 2. The fraction of sp³-hybridized carbons (Fsp3) is 0.176. The van der Waals surface area contributed by atoms with E-state index in [1.54, 1.807) is 48.5 Å². The predicted octanol–water partition coefficient (Wildman–Crippen LogP) is 3.08. The molecule has 0 saturated carbocycles. The molecule has 108 valence electrons. The zero-order valence-corrected chi connectivity index (χ0v) is 12.1. The minimum atomic E-state index is -0.236. The highest BCUT2D eigenvalue weighted by molar-refractivity contribution is 6.09. The van der Waals surface area contributed by atoms with Crippen LogP contribution in [0.1, 0.15) is 34.6 Å². The first-order chi connectivity index (χ1) is 10.1. The van der Waals surface area contributed by atoms with Crippen LogP contribution in [0.25, 0.3) is 0 Å². The van der Waals surface area contributed by atoms with Crippen molar-refractivity contribution in [3.8, 4) is 0 Å². The third-order valence-corrected chi connectivity index (χ3v) is 2.88. The summed E-state index contributed by atoms with van der Waals surface area (Å²) in [6.07, 6.45) is 0.